The van der Waals surface area contributed by atoms with Crippen molar-refractivity contribution in [3.63, 3.8) is 0 Å². The van der Waals surface area contributed by atoms with Crippen LogP contribution >= 0.6 is 0 Å². The molecule has 2 unspecified atom stereocenters. The van der Waals surface area contributed by atoms with Crippen LogP contribution in [0.4, 0.5) is 0 Å². The van der Waals surface area contributed by atoms with Gasteiger partial charge < -0.3 is 5.32 Å². The van der Waals surface area contributed by atoms with Gasteiger partial charge in [0.15, 0.2) is 0 Å². The zero-order valence-electron chi connectivity index (χ0n) is 11.6. The highest BCUT2D eigenvalue weighted by molar-refractivity contribution is 5.77. The predicted octanol–water partition coefficient (Wildman–Crippen LogP) is 2.20. The number of benzene rings is 1. The summed E-state index contributed by atoms with van der Waals surface area (Å²) >= 11 is 0. The van der Waals surface area contributed by atoms with E-state index >= 15 is 0 Å². The minimum atomic E-state index is -0.225. The van der Waals surface area contributed by atoms with E-state index in [0.29, 0.717) is 18.0 Å². The maximum Gasteiger partial charge on any atom is 0.246 e. The molecule has 2 aliphatic rings. The zero-order valence-corrected chi connectivity index (χ0v) is 11.6. The van der Waals surface area contributed by atoms with Crippen LogP contribution in [0.5, 0.6) is 0 Å². The lowest BCUT2D eigenvalue weighted by Gasteiger charge is -2.28. The lowest BCUT2D eigenvalue weighted by Crippen LogP contribution is -2.38. The van der Waals surface area contributed by atoms with Crippen molar-refractivity contribution in [1.82, 2.24) is 10.8 Å². The van der Waals surface area contributed by atoms with Crippen LogP contribution in [-0.2, 0) is 4.79 Å². The van der Waals surface area contributed by atoms with Gasteiger partial charge in [0, 0.05) is 23.9 Å². The fourth-order valence-electron chi connectivity index (χ4n) is 3.36. The molecule has 108 valence electrons. The molecule has 1 aromatic rings. The van der Waals surface area contributed by atoms with Gasteiger partial charge in [-0.15, -0.1) is 0 Å². The Labute approximate surface area is 119 Å². The van der Waals surface area contributed by atoms with Crippen molar-refractivity contribution in [3.05, 3.63) is 35.9 Å². The summed E-state index contributed by atoms with van der Waals surface area (Å²) in [6.45, 7) is 0. The van der Waals surface area contributed by atoms with Crippen molar-refractivity contribution in [2.24, 2.45) is 5.92 Å². The number of carbonyl (C=O) groups is 1. The van der Waals surface area contributed by atoms with Crippen LogP contribution in [0.25, 0.3) is 0 Å². The van der Waals surface area contributed by atoms with Crippen LogP contribution in [0.2, 0.25) is 0 Å². The molecule has 3 N–H and O–H groups in total. The van der Waals surface area contributed by atoms with Gasteiger partial charge in [-0.3, -0.25) is 10.0 Å². The van der Waals surface area contributed by atoms with E-state index in [2.05, 4.69) is 35.6 Å². The molecule has 2 aliphatic carbocycles. The zero-order chi connectivity index (χ0) is 13.9. The Balaban J connectivity index is 1.44. The SMILES string of the molecule is O=C(NO)C1CCC(NC2CC2c2ccccc2)CC1. The first-order chi connectivity index (χ1) is 9.78. The smallest absolute Gasteiger partial charge is 0.246 e. The number of nitrogens with one attached hydrogen (secondary N) is 2. The van der Waals surface area contributed by atoms with Crippen LogP contribution in [0, 0.1) is 5.92 Å². The van der Waals surface area contributed by atoms with Crippen LogP contribution in [-0.4, -0.2) is 23.2 Å². The molecule has 0 aliphatic heterocycles. The van der Waals surface area contributed by atoms with Crippen molar-refractivity contribution in [3.8, 4) is 0 Å². The lowest BCUT2D eigenvalue weighted by atomic mass is 9.85. The van der Waals surface area contributed by atoms with Crippen LogP contribution in [0.1, 0.15) is 43.6 Å². The highest BCUT2D eigenvalue weighted by Crippen LogP contribution is 2.41. The summed E-state index contributed by atoms with van der Waals surface area (Å²) in [5.41, 5.74) is 3.20. The Morgan fingerprint density at radius 2 is 1.80 bits per heavy atom. The molecule has 4 nitrogen and oxygen atoms in total. The van der Waals surface area contributed by atoms with E-state index in [1.165, 1.54) is 12.0 Å². The van der Waals surface area contributed by atoms with Gasteiger partial charge in [-0.05, 0) is 37.7 Å². The second kappa shape index (κ2) is 5.94. The third-order valence-corrected chi connectivity index (χ3v) is 4.68. The number of rotatable bonds is 4. The molecule has 0 radical (unpaired) electrons. The average molecular weight is 274 g/mol. The number of amides is 1. The summed E-state index contributed by atoms with van der Waals surface area (Å²) in [6, 6.07) is 11.8. The Morgan fingerprint density at radius 1 is 1.10 bits per heavy atom. The largest absolute Gasteiger partial charge is 0.311 e. The molecule has 1 amide bonds. The van der Waals surface area contributed by atoms with Crippen molar-refractivity contribution in [1.29, 1.82) is 0 Å². The Morgan fingerprint density at radius 3 is 2.45 bits per heavy atom. The molecule has 20 heavy (non-hydrogen) atoms. The number of hydrogen-bond acceptors (Lipinski definition) is 3. The maximum absolute atomic E-state index is 11.4. The van der Waals surface area contributed by atoms with Crippen molar-refractivity contribution >= 4 is 5.91 Å². The number of carbonyl (C=O) groups excluding carboxylic acids is 1. The first-order valence-corrected chi connectivity index (χ1v) is 7.53. The molecule has 0 saturated heterocycles. The normalized spacial score (nSPS) is 32.6. The third kappa shape index (κ3) is 3.02. The predicted molar refractivity (Wildman–Crippen MR) is 76.4 cm³/mol. The van der Waals surface area contributed by atoms with E-state index in [1.54, 1.807) is 5.48 Å². The van der Waals surface area contributed by atoms with Crippen LogP contribution in [0.3, 0.4) is 0 Å². The molecule has 4 heteroatoms. The third-order valence-electron chi connectivity index (χ3n) is 4.68. The topological polar surface area (TPSA) is 61.4 Å². The molecule has 0 bridgehead atoms. The first-order valence-electron chi connectivity index (χ1n) is 7.53. The van der Waals surface area contributed by atoms with Gasteiger partial charge in [0.2, 0.25) is 5.91 Å². The van der Waals surface area contributed by atoms with E-state index < -0.39 is 0 Å². The van der Waals surface area contributed by atoms with Gasteiger partial charge in [-0.25, -0.2) is 5.48 Å². The molecule has 2 atom stereocenters. The lowest BCUT2D eigenvalue weighted by molar-refractivity contribution is -0.134. The summed E-state index contributed by atoms with van der Waals surface area (Å²) in [7, 11) is 0. The highest BCUT2D eigenvalue weighted by atomic mass is 16.5. The fourth-order valence-corrected chi connectivity index (χ4v) is 3.36. The van der Waals surface area contributed by atoms with E-state index in [0.717, 1.165) is 25.7 Å². The molecule has 0 aromatic heterocycles. The van der Waals surface area contributed by atoms with Crippen LogP contribution < -0.4 is 10.8 Å². The standard InChI is InChI=1S/C16H22N2O2/c19-16(18-20)12-6-8-13(9-7-12)17-15-10-14(15)11-4-2-1-3-5-11/h1-5,12-15,17,20H,6-10H2,(H,18,19). The quantitative estimate of drug-likeness (QED) is 0.582. The summed E-state index contributed by atoms with van der Waals surface area (Å²) in [5.74, 6) is 0.425. The van der Waals surface area contributed by atoms with Gasteiger partial charge in [0.25, 0.3) is 0 Å². The Kier molecular flexibility index (Phi) is 4.03. The monoisotopic (exact) mass is 274 g/mol. The van der Waals surface area contributed by atoms with Crippen LogP contribution in [0.15, 0.2) is 30.3 Å². The van der Waals surface area contributed by atoms with E-state index in [-0.39, 0.29) is 11.8 Å². The van der Waals surface area contributed by atoms with Crippen molar-refractivity contribution in [2.45, 2.75) is 50.1 Å². The fraction of sp³-hybridized carbons (Fsp3) is 0.562. The minimum Gasteiger partial charge on any atom is -0.311 e. The second-order valence-corrected chi connectivity index (χ2v) is 6.05. The molecular weight excluding hydrogens is 252 g/mol. The molecule has 0 spiro atoms. The van der Waals surface area contributed by atoms with Gasteiger partial charge in [-0.1, -0.05) is 30.3 Å². The first kappa shape index (κ1) is 13.6. The van der Waals surface area contributed by atoms with Gasteiger partial charge >= 0.3 is 0 Å². The molecule has 2 fully saturated rings. The van der Waals surface area contributed by atoms with Gasteiger partial charge in [-0.2, -0.15) is 0 Å². The maximum atomic E-state index is 11.4. The Hall–Kier alpha value is -1.39. The summed E-state index contributed by atoms with van der Waals surface area (Å²) in [4.78, 5) is 11.4. The highest BCUT2D eigenvalue weighted by Gasteiger charge is 2.40. The molecule has 2 saturated carbocycles. The summed E-state index contributed by atoms with van der Waals surface area (Å²) in [5, 5.41) is 12.4. The number of hydrogen-bond donors (Lipinski definition) is 3. The van der Waals surface area contributed by atoms with E-state index in [4.69, 9.17) is 5.21 Å². The average Bonchev–Trinajstić information content (AvgIpc) is 3.27. The second-order valence-electron chi connectivity index (χ2n) is 6.05. The number of hydroxylamine groups is 1. The van der Waals surface area contributed by atoms with Gasteiger partial charge in [0.05, 0.1) is 0 Å². The Bertz CT molecular complexity index is 455. The van der Waals surface area contributed by atoms with Gasteiger partial charge in [0.1, 0.15) is 0 Å². The molecule has 1 aromatic carbocycles. The van der Waals surface area contributed by atoms with E-state index in [9.17, 15) is 4.79 Å². The van der Waals surface area contributed by atoms with Crippen molar-refractivity contribution in [2.75, 3.05) is 0 Å². The summed E-state index contributed by atoms with van der Waals surface area (Å²) < 4.78 is 0. The molecular formula is C16H22N2O2. The molecule has 0 heterocycles. The van der Waals surface area contributed by atoms with E-state index in [1.807, 2.05) is 0 Å². The van der Waals surface area contributed by atoms with Crippen molar-refractivity contribution < 1.29 is 10.0 Å². The molecule has 3 rings (SSSR count). The minimum absolute atomic E-state index is 0.0119. The summed E-state index contributed by atoms with van der Waals surface area (Å²) in [6.07, 6.45) is 5.01.